The van der Waals surface area contributed by atoms with Crippen molar-refractivity contribution in [2.45, 2.75) is 26.3 Å². The first-order valence-electron chi connectivity index (χ1n) is 10.3. The van der Waals surface area contributed by atoms with Crippen molar-refractivity contribution in [2.75, 3.05) is 24.5 Å². The van der Waals surface area contributed by atoms with E-state index in [2.05, 4.69) is 67.9 Å². The zero-order valence-electron chi connectivity index (χ0n) is 17.3. The molecule has 0 saturated carbocycles. The van der Waals surface area contributed by atoms with Gasteiger partial charge in [-0.15, -0.1) is 5.10 Å². The SMILES string of the molecule is Cc1cccc(CC2CN(c3cnnc(-c4ccc5n[nH]c(C)c5c4)n3)CCN2)c1. The lowest BCUT2D eigenvalue weighted by molar-refractivity contribution is 0.452. The van der Waals surface area contributed by atoms with Crippen LogP contribution in [-0.2, 0) is 6.42 Å². The molecule has 1 aliphatic rings. The first-order chi connectivity index (χ1) is 14.7. The van der Waals surface area contributed by atoms with Crippen molar-refractivity contribution in [3.8, 4) is 11.4 Å². The highest BCUT2D eigenvalue weighted by Crippen LogP contribution is 2.24. The third-order valence-electron chi connectivity index (χ3n) is 5.69. The third-order valence-corrected chi connectivity index (χ3v) is 5.69. The minimum absolute atomic E-state index is 0.379. The van der Waals surface area contributed by atoms with Gasteiger partial charge < -0.3 is 10.2 Å². The highest BCUT2D eigenvalue weighted by molar-refractivity contribution is 5.85. The number of rotatable bonds is 4. The van der Waals surface area contributed by atoms with E-state index in [1.54, 1.807) is 6.20 Å². The molecule has 3 heterocycles. The fourth-order valence-electron chi connectivity index (χ4n) is 4.14. The molecule has 0 spiro atoms. The number of aromatic amines is 1. The molecule has 5 rings (SSSR count). The van der Waals surface area contributed by atoms with Crippen molar-refractivity contribution in [3.05, 3.63) is 65.5 Å². The number of hydrogen-bond donors (Lipinski definition) is 2. The molecule has 152 valence electrons. The molecule has 1 aliphatic heterocycles. The van der Waals surface area contributed by atoms with Crippen molar-refractivity contribution < 1.29 is 0 Å². The molecule has 2 aromatic carbocycles. The van der Waals surface area contributed by atoms with Gasteiger partial charge in [-0.3, -0.25) is 5.10 Å². The molecule has 7 heteroatoms. The van der Waals surface area contributed by atoms with Crippen molar-refractivity contribution in [1.29, 1.82) is 0 Å². The van der Waals surface area contributed by atoms with Gasteiger partial charge >= 0.3 is 0 Å². The summed E-state index contributed by atoms with van der Waals surface area (Å²) in [6.45, 7) is 6.88. The maximum atomic E-state index is 4.84. The largest absolute Gasteiger partial charge is 0.352 e. The molecule has 2 N–H and O–H groups in total. The number of nitrogens with one attached hydrogen (secondary N) is 2. The van der Waals surface area contributed by atoms with Crippen molar-refractivity contribution in [2.24, 2.45) is 0 Å². The second-order valence-corrected chi connectivity index (χ2v) is 8.01. The van der Waals surface area contributed by atoms with Gasteiger partial charge in [0.15, 0.2) is 11.6 Å². The van der Waals surface area contributed by atoms with Gasteiger partial charge in [0.1, 0.15) is 0 Å². The molecule has 0 amide bonds. The molecule has 4 aromatic rings. The Labute approximate surface area is 175 Å². The fourth-order valence-corrected chi connectivity index (χ4v) is 4.14. The average molecular weight is 400 g/mol. The van der Waals surface area contributed by atoms with Crippen LogP contribution in [0.3, 0.4) is 0 Å². The highest BCUT2D eigenvalue weighted by Gasteiger charge is 2.21. The molecule has 2 aromatic heterocycles. The molecule has 0 radical (unpaired) electrons. The van der Waals surface area contributed by atoms with Gasteiger partial charge in [-0.1, -0.05) is 29.8 Å². The van der Waals surface area contributed by atoms with Gasteiger partial charge in [-0.2, -0.15) is 10.2 Å². The molecular weight excluding hydrogens is 374 g/mol. The standard InChI is InChI=1S/C23H25N7/c1-15-4-3-5-17(10-15)11-19-14-30(9-8-24-19)22-13-25-29-23(26-22)18-6-7-21-20(12-18)16(2)27-28-21/h3-7,10,12-13,19,24H,8-9,11,14H2,1-2H3,(H,27,28). The predicted octanol–water partition coefficient (Wildman–Crippen LogP) is 3.05. The lowest BCUT2D eigenvalue weighted by atomic mass is 10.0. The van der Waals surface area contributed by atoms with E-state index < -0.39 is 0 Å². The van der Waals surface area contributed by atoms with E-state index in [0.717, 1.165) is 54.0 Å². The van der Waals surface area contributed by atoms with Crippen molar-refractivity contribution in [3.63, 3.8) is 0 Å². The van der Waals surface area contributed by atoms with Crippen LogP contribution in [0.5, 0.6) is 0 Å². The Bertz CT molecular complexity index is 1180. The summed E-state index contributed by atoms with van der Waals surface area (Å²) in [7, 11) is 0. The summed E-state index contributed by atoms with van der Waals surface area (Å²) < 4.78 is 0. The second-order valence-electron chi connectivity index (χ2n) is 8.01. The molecule has 1 unspecified atom stereocenters. The van der Waals surface area contributed by atoms with Gasteiger partial charge in [-0.05, 0) is 44.0 Å². The lowest BCUT2D eigenvalue weighted by Gasteiger charge is -2.34. The Morgan fingerprint density at radius 3 is 2.97 bits per heavy atom. The molecular formula is C23H25N7. The molecule has 30 heavy (non-hydrogen) atoms. The summed E-state index contributed by atoms with van der Waals surface area (Å²) in [5, 5.41) is 20.6. The van der Waals surface area contributed by atoms with Gasteiger partial charge in [0, 0.05) is 42.3 Å². The van der Waals surface area contributed by atoms with E-state index in [0.29, 0.717) is 11.9 Å². The lowest BCUT2D eigenvalue weighted by Crippen LogP contribution is -2.52. The number of fused-ring (bicyclic) bond motifs is 1. The van der Waals surface area contributed by atoms with Crippen LogP contribution in [0.2, 0.25) is 0 Å². The summed E-state index contributed by atoms with van der Waals surface area (Å²) in [6, 6.07) is 15.2. The summed E-state index contributed by atoms with van der Waals surface area (Å²) in [5.41, 5.74) is 5.60. The fraction of sp³-hybridized carbons (Fsp3) is 0.304. The topological polar surface area (TPSA) is 82.6 Å². The first-order valence-corrected chi connectivity index (χ1v) is 10.3. The average Bonchev–Trinajstić information content (AvgIpc) is 3.14. The Balaban J connectivity index is 1.37. The van der Waals surface area contributed by atoms with Crippen LogP contribution in [0.25, 0.3) is 22.3 Å². The number of aryl methyl sites for hydroxylation is 2. The van der Waals surface area contributed by atoms with Crippen LogP contribution in [0, 0.1) is 13.8 Å². The van der Waals surface area contributed by atoms with Crippen molar-refractivity contribution >= 4 is 16.7 Å². The zero-order chi connectivity index (χ0) is 20.5. The van der Waals surface area contributed by atoms with Gasteiger partial charge in [0.2, 0.25) is 0 Å². The maximum Gasteiger partial charge on any atom is 0.183 e. The number of hydrogen-bond acceptors (Lipinski definition) is 6. The molecule has 0 bridgehead atoms. The number of H-pyrrole nitrogens is 1. The number of aromatic nitrogens is 5. The smallest absolute Gasteiger partial charge is 0.183 e. The molecule has 1 saturated heterocycles. The Morgan fingerprint density at radius 1 is 1.13 bits per heavy atom. The van der Waals surface area contributed by atoms with E-state index in [9.17, 15) is 0 Å². The van der Waals surface area contributed by atoms with Crippen LogP contribution in [0.1, 0.15) is 16.8 Å². The first kappa shape index (κ1) is 18.7. The Kier molecular flexibility index (Phi) is 4.88. The number of piperazine rings is 1. The summed E-state index contributed by atoms with van der Waals surface area (Å²) in [5.74, 6) is 1.52. The monoisotopic (exact) mass is 399 g/mol. The summed E-state index contributed by atoms with van der Waals surface area (Å²) in [4.78, 5) is 7.14. The van der Waals surface area contributed by atoms with Crippen LogP contribution in [0.15, 0.2) is 48.7 Å². The van der Waals surface area contributed by atoms with Gasteiger partial charge in [-0.25, -0.2) is 4.98 Å². The normalized spacial score (nSPS) is 16.9. The number of benzene rings is 2. The summed E-state index contributed by atoms with van der Waals surface area (Å²) in [6.07, 6.45) is 2.76. The Hall–Kier alpha value is -3.32. The zero-order valence-corrected chi connectivity index (χ0v) is 17.3. The third kappa shape index (κ3) is 3.76. The minimum atomic E-state index is 0.379. The predicted molar refractivity (Wildman–Crippen MR) is 119 cm³/mol. The second kappa shape index (κ2) is 7.84. The minimum Gasteiger partial charge on any atom is -0.352 e. The van der Waals surface area contributed by atoms with Crippen LogP contribution < -0.4 is 10.2 Å². The van der Waals surface area contributed by atoms with E-state index >= 15 is 0 Å². The molecule has 0 aliphatic carbocycles. The number of nitrogens with zero attached hydrogens (tertiary/aromatic N) is 5. The van der Waals surface area contributed by atoms with Crippen LogP contribution in [0.4, 0.5) is 5.82 Å². The molecule has 7 nitrogen and oxygen atoms in total. The van der Waals surface area contributed by atoms with Crippen LogP contribution in [-0.4, -0.2) is 51.1 Å². The Morgan fingerprint density at radius 2 is 2.07 bits per heavy atom. The van der Waals surface area contributed by atoms with E-state index in [1.165, 1.54) is 11.1 Å². The highest BCUT2D eigenvalue weighted by atomic mass is 15.3. The van der Waals surface area contributed by atoms with Crippen LogP contribution >= 0.6 is 0 Å². The summed E-state index contributed by atoms with van der Waals surface area (Å²) >= 11 is 0. The maximum absolute atomic E-state index is 4.84. The van der Waals surface area contributed by atoms with Crippen molar-refractivity contribution in [1.82, 2.24) is 30.7 Å². The molecule has 1 fully saturated rings. The quantitative estimate of drug-likeness (QED) is 0.549. The number of anilines is 1. The van der Waals surface area contributed by atoms with E-state index in [4.69, 9.17) is 4.98 Å². The van der Waals surface area contributed by atoms with E-state index in [1.807, 2.05) is 19.1 Å². The van der Waals surface area contributed by atoms with Gasteiger partial charge in [0.05, 0.1) is 11.7 Å². The van der Waals surface area contributed by atoms with E-state index in [-0.39, 0.29) is 0 Å². The molecule has 1 atom stereocenters. The van der Waals surface area contributed by atoms with Gasteiger partial charge in [0.25, 0.3) is 0 Å².